The number of methoxy groups -OCH3 is 1. The van der Waals surface area contributed by atoms with E-state index in [4.69, 9.17) is 9.47 Å². The topological polar surface area (TPSA) is 35.5 Å². The molecule has 0 heterocycles. The van der Waals surface area contributed by atoms with Gasteiger partial charge in [0.2, 0.25) is 0 Å². The van der Waals surface area contributed by atoms with Gasteiger partial charge in [0.05, 0.1) is 13.7 Å². The fourth-order valence-corrected chi connectivity index (χ4v) is 1.62. The predicted octanol–water partition coefficient (Wildman–Crippen LogP) is 2.97. The Morgan fingerprint density at radius 3 is 2.47 bits per heavy atom. The second-order valence-electron chi connectivity index (χ2n) is 3.86. The van der Waals surface area contributed by atoms with Crippen molar-refractivity contribution in [2.45, 2.75) is 32.6 Å². The van der Waals surface area contributed by atoms with Crippen molar-refractivity contribution in [3.63, 3.8) is 0 Å². The van der Waals surface area contributed by atoms with Crippen LogP contribution in [-0.4, -0.2) is 19.7 Å². The number of unbranched alkanes of at least 4 members (excludes halogenated alkanes) is 1. The number of ether oxygens (including phenoxy) is 2. The van der Waals surface area contributed by atoms with Gasteiger partial charge in [-0.25, -0.2) is 0 Å². The zero-order valence-electron chi connectivity index (χ0n) is 10.6. The maximum atomic E-state index is 11.1. The van der Waals surface area contributed by atoms with Gasteiger partial charge in [0.15, 0.2) is 0 Å². The summed E-state index contributed by atoms with van der Waals surface area (Å²) in [7, 11) is 1.66. The van der Waals surface area contributed by atoms with Crippen molar-refractivity contribution in [2.75, 3.05) is 13.7 Å². The highest BCUT2D eigenvalue weighted by Gasteiger charge is 2.01. The van der Waals surface area contributed by atoms with E-state index in [0.717, 1.165) is 25.0 Å². The molecule has 17 heavy (non-hydrogen) atoms. The third kappa shape index (κ3) is 5.38. The Bertz CT molecular complexity index is 330. The van der Waals surface area contributed by atoms with Crippen molar-refractivity contribution in [3.8, 4) is 5.75 Å². The average Bonchev–Trinajstić information content (AvgIpc) is 2.36. The lowest BCUT2D eigenvalue weighted by Gasteiger charge is -2.04. The highest BCUT2D eigenvalue weighted by molar-refractivity contribution is 5.69. The van der Waals surface area contributed by atoms with Crippen LogP contribution in [0, 0.1) is 0 Å². The summed E-state index contributed by atoms with van der Waals surface area (Å²) in [5.41, 5.74) is 1.27. The first kappa shape index (κ1) is 13.6. The van der Waals surface area contributed by atoms with Gasteiger partial charge in [-0.3, -0.25) is 4.79 Å². The van der Waals surface area contributed by atoms with Crippen LogP contribution in [0.4, 0.5) is 0 Å². The summed E-state index contributed by atoms with van der Waals surface area (Å²) in [5.74, 6) is 0.780. The molecule has 94 valence electrons. The van der Waals surface area contributed by atoms with E-state index in [1.54, 1.807) is 7.11 Å². The molecule has 0 radical (unpaired) electrons. The molecule has 0 aliphatic carbocycles. The zero-order valence-corrected chi connectivity index (χ0v) is 10.6. The standard InChI is InChI=1S/C14H20O3/c1-3-17-14(15)7-5-4-6-12-8-10-13(16-2)11-9-12/h8-11H,3-7H2,1-2H3. The molecule has 3 nitrogen and oxygen atoms in total. The van der Waals surface area contributed by atoms with E-state index in [-0.39, 0.29) is 5.97 Å². The lowest BCUT2D eigenvalue weighted by molar-refractivity contribution is -0.143. The molecule has 0 amide bonds. The second kappa shape index (κ2) is 7.71. The number of hydrogen-bond donors (Lipinski definition) is 0. The number of rotatable bonds is 7. The highest BCUT2D eigenvalue weighted by Crippen LogP contribution is 2.13. The van der Waals surface area contributed by atoms with Crippen molar-refractivity contribution in [3.05, 3.63) is 29.8 Å². The van der Waals surface area contributed by atoms with Crippen LogP contribution in [0.1, 0.15) is 31.7 Å². The van der Waals surface area contributed by atoms with E-state index in [9.17, 15) is 4.79 Å². The van der Waals surface area contributed by atoms with Crippen LogP contribution in [0.15, 0.2) is 24.3 Å². The first-order valence-electron chi connectivity index (χ1n) is 6.04. The Morgan fingerprint density at radius 2 is 1.88 bits per heavy atom. The zero-order chi connectivity index (χ0) is 12.5. The number of benzene rings is 1. The molecule has 1 aromatic carbocycles. The molecule has 0 unspecified atom stereocenters. The number of hydrogen-bond acceptors (Lipinski definition) is 3. The Kier molecular flexibility index (Phi) is 6.15. The Balaban J connectivity index is 2.19. The van der Waals surface area contributed by atoms with Crippen LogP contribution in [-0.2, 0) is 16.0 Å². The molecule has 1 aromatic rings. The number of aryl methyl sites for hydroxylation is 1. The summed E-state index contributed by atoms with van der Waals surface area (Å²) in [6.07, 6.45) is 3.39. The Hall–Kier alpha value is -1.51. The third-order valence-corrected chi connectivity index (χ3v) is 2.56. The Morgan fingerprint density at radius 1 is 1.18 bits per heavy atom. The van der Waals surface area contributed by atoms with Crippen LogP contribution in [0.3, 0.4) is 0 Å². The van der Waals surface area contributed by atoms with Crippen LogP contribution in [0.25, 0.3) is 0 Å². The second-order valence-corrected chi connectivity index (χ2v) is 3.86. The SMILES string of the molecule is CCOC(=O)CCCCc1ccc(OC)cc1. The van der Waals surface area contributed by atoms with Gasteiger partial charge < -0.3 is 9.47 Å². The molecule has 0 fully saturated rings. The molecule has 0 saturated carbocycles. The van der Waals surface area contributed by atoms with Gasteiger partial charge in [0.1, 0.15) is 5.75 Å². The van der Waals surface area contributed by atoms with Crippen LogP contribution >= 0.6 is 0 Å². The highest BCUT2D eigenvalue weighted by atomic mass is 16.5. The van der Waals surface area contributed by atoms with Crippen molar-refractivity contribution in [2.24, 2.45) is 0 Å². The number of carbonyl (C=O) groups excluding carboxylic acids is 1. The Labute approximate surface area is 103 Å². The normalized spacial score (nSPS) is 10.0. The molecule has 0 spiro atoms. The molecule has 0 atom stereocenters. The van der Waals surface area contributed by atoms with Gasteiger partial charge in [0.25, 0.3) is 0 Å². The summed E-state index contributed by atoms with van der Waals surface area (Å²) >= 11 is 0. The molecule has 0 N–H and O–H groups in total. The molecule has 0 bridgehead atoms. The molecular weight excluding hydrogens is 216 g/mol. The van der Waals surface area contributed by atoms with Gasteiger partial charge in [-0.15, -0.1) is 0 Å². The first-order chi connectivity index (χ1) is 8.26. The quantitative estimate of drug-likeness (QED) is 0.539. The molecule has 0 aromatic heterocycles. The minimum atomic E-state index is -0.0952. The van der Waals surface area contributed by atoms with Crippen molar-refractivity contribution in [1.82, 2.24) is 0 Å². The summed E-state index contributed by atoms with van der Waals surface area (Å²) in [4.78, 5) is 11.1. The predicted molar refractivity (Wildman–Crippen MR) is 67.2 cm³/mol. The van der Waals surface area contributed by atoms with Crippen molar-refractivity contribution >= 4 is 5.97 Å². The minimum Gasteiger partial charge on any atom is -0.497 e. The minimum absolute atomic E-state index is 0.0952. The fraction of sp³-hybridized carbons (Fsp3) is 0.500. The third-order valence-electron chi connectivity index (χ3n) is 2.56. The molecule has 3 heteroatoms. The lowest BCUT2D eigenvalue weighted by atomic mass is 10.1. The lowest BCUT2D eigenvalue weighted by Crippen LogP contribution is -2.03. The number of carbonyl (C=O) groups is 1. The molecule has 0 saturated heterocycles. The number of esters is 1. The summed E-state index contributed by atoms with van der Waals surface area (Å²) in [5, 5.41) is 0. The van der Waals surface area contributed by atoms with Crippen LogP contribution < -0.4 is 4.74 Å². The van der Waals surface area contributed by atoms with Crippen LogP contribution in [0.2, 0.25) is 0 Å². The van der Waals surface area contributed by atoms with Gasteiger partial charge in [0, 0.05) is 6.42 Å². The summed E-state index contributed by atoms with van der Waals surface area (Å²) in [6.45, 7) is 2.30. The fourth-order valence-electron chi connectivity index (χ4n) is 1.62. The first-order valence-corrected chi connectivity index (χ1v) is 6.04. The maximum Gasteiger partial charge on any atom is 0.305 e. The molecule has 1 rings (SSSR count). The van der Waals surface area contributed by atoms with Crippen molar-refractivity contribution in [1.29, 1.82) is 0 Å². The average molecular weight is 236 g/mol. The maximum absolute atomic E-state index is 11.1. The van der Waals surface area contributed by atoms with E-state index < -0.39 is 0 Å². The molecule has 0 aliphatic rings. The summed E-state index contributed by atoms with van der Waals surface area (Å²) in [6, 6.07) is 8.04. The largest absolute Gasteiger partial charge is 0.497 e. The monoisotopic (exact) mass is 236 g/mol. The van der Waals surface area contributed by atoms with E-state index in [1.165, 1.54) is 5.56 Å². The van der Waals surface area contributed by atoms with E-state index in [1.807, 2.05) is 19.1 Å². The van der Waals surface area contributed by atoms with Gasteiger partial charge in [-0.05, 0) is 43.9 Å². The van der Waals surface area contributed by atoms with E-state index in [2.05, 4.69) is 12.1 Å². The smallest absolute Gasteiger partial charge is 0.305 e. The molecular formula is C14H20O3. The van der Waals surface area contributed by atoms with Gasteiger partial charge >= 0.3 is 5.97 Å². The summed E-state index contributed by atoms with van der Waals surface area (Å²) < 4.78 is 9.96. The van der Waals surface area contributed by atoms with E-state index in [0.29, 0.717) is 13.0 Å². The van der Waals surface area contributed by atoms with Crippen LogP contribution in [0.5, 0.6) is 5.75 Å². The van der Waals surface area contributed by atoms with Gasteiger partial charge in [-0.2, -0.15) is 0 Å². The van der Waals surface area contributed by atoms with Gasteiger partial charge in [-0.1, -0.05) is 12.1 Å². The van der Waals surface area contributed by atoms with Crippen molar-refractivity contribution < 1.29 is 14.3 Å². The van der Waals surface area contributed by atoms with E-state index >= 15 is 0 Å². The molecule has 0 aliphatic heterocycles.